The van der Waals surface area contributed by atoms with Crippen LogP contribution in [-0.2, 0) is 10.0 Å². The zero-order valence-corrected chi connectivity index (χ0v) is 17.6. The van der Waals surface area contributed by atoms with Crippen LogP contribution in [0, 0.1) is 13.8 Å². The van der Waals surface area contributed by atoms with Crippen LogP contribution in [0.3, 0.4) is 0 Å². The predicted molar refractivity (Wildman–Crippen MR) is 116 cm³/mol. The monoisotopic (exact) mass is 417 g/mol. The molecule has 0 fully saturated rings. The van der Waals surface area contributed by atoms with Gasteiger partial charge < -0.3 is 20.1 Å². The number of ether oxygens (including phenoxy) is 1. The van der Waals surface area contributed by atoms with E-state index in [9.17, 15) is 13.5 Å². The summed E-state index contributed by atoms with van der Waals surface area (Å²) in [6.45, 7) is 5.51. The first-order valence-corrected chi connectivity index (χ1v) is 11.3. The molecule has 0 spiro atoms. The van der Waals surface area contributed by atoms with Gasteiger partial charge in [-0.15, -0.1) is 0 Å². The van der Waals surface area contributed by atoms with E-state index in [1.807, 2.05) is 12.1 Å². The van der Waals surface area contributed by atoms with E-state index in [4.69, 9.17) is 4.74 Å². The molecule has 1 heterocycles. The summed E-state index contributed by atoms with van der Waals surface area (Å²) < 4.78 is 30.9. The van der Waals surface area contributed by atoms with Crippen molar-refractivity contribution in [2.75, 3.05) is 30.7 Å². The van der Waals surface area contributed by atoms with Crippen molar-refractivity contribution in [1.29, 1.82) is 0 Å². The number of fused-ring (bicyclic) bond motifs is 1. The van der Waals surface area contributed by atoms with Crippen molar-refractivity contribution in [1.82, 2.24) is 10.3 Å². The molecule has 0 aliphatic rings. The van der Waals surface area contributed by atoms with E-state index < -0.39 is 16.1 Å². The van der Waals surface area contributed by atoms with Gasteiger partial charge in [0.2, 0.25) is 10.0 Å². The molecule has 0 bridgehead atoms. The average Bonchev–Trinajstić information content (AvgIpc) is 2.93. The standard InChI is InChI=1S/C21H27N3O4S/c1-14-15(2)23-20-12-18(7-8-19(14)20)28-10-9-22-13-21(25)16-5-4-6-17(11-16)24-29(3,26)27/h4-8,11-12,21-25H,9-10,13H2,1-3H3. The van der Waals surface area contributed by atoms with Gasteiger partial charge in [-0.25, -0.2) is 8.42 Å². The Labute approximate surface area is 171 Å². The minimum absolute atomic E-state index is 0.333. The molecular formula is C21H27N3O4S. The number of benzene rings is 2. The molecule has 4 N–H and O–H groups in total. The number of aromatic nitrogens is 1. The number of aliphatic hydroxyl groups excluding tert-OH is 1. The number of aliphatic hydroxyl groups is 1. The Balaban J connectivity index is 1.46. The van der Waals surface area contributed by atoms with Crippen molar-refractivity contribution in [2.24, 2.45) is 0 Å². The Morgan fingerprint density at radius 3 is 2.72 bits per heavy atom. The first-order valence-electron chi connectivity index (χ1n) is 9.41. The van der Waals surface area contributed by atoms with Crippen molar-refractivity contribution in [3.8, 4) is 5.75 Å². The first-order chi connectivity index (χ1) is 13.7. The molecule has 0 radical (unpaired) electrons. The van der Waals surface area contributed by atoms with Crippen LogP contribution in [0.5, 0.6) is 5.75 Å². The molecular weight excluding hydrogens is 390 g/mol. The van der Waals surface area contributed by atoms with Gasteiger partial charge in [0.1, 0.15) is 12.4 Å². The number of sulfonamides is 1. The van der Waals surface area contributed by atoms with E-state index in [1.54, 1.807) is 24.3 Å². The second-order valence-corrected chi connectivity index (χ2v) is 8.90. The van der Waals surface area contributed by atoms with E-state index in [0.717, 1.165) is 23.2 Å². The van der Waals surface area contributed by atoms with E-state index >= 15 is 0 Å². The van der Waals surface area contributed by atoms with Crippen molar-refractivity contribution in [3.63, 3.8) is 0 Å². The molecule has 7 nitrogen and oxygen atoms in total. The van der Waals surface area contributed by atoms with Crippen molar-refractivity contribution < 1.29 is 18.3 Å². The summed E-state index contributed by atoms with van der Waals surface area (Å²) in [5.41, 5.74) is 4.53. The average molecular weight is 418 g/mol. The SMILES string of the molecule is Cc1[nH]c2cc(OCCNCC(O)c3cccc(NS(C)(=O)=O)c3)ccc2c1C. The van der Waals surface area contributed by atoms with Crippen LogP contribution in [0.25, 0.3) is 10.9 Å². The van der Waals surface area contributed by atoms with Gasteiger partial charge in [-0.1, -0.05) is 12.1 Å². The Morgan fingerprint density at radius 1 is 1.17 bits per heavy atom. The highest BCUT2D eigenvalue weighted by Gasteiger charge is 2.10. The third-order valence-corrected chi connectivity index (χ3v) is 5.35. The summed E-state index contributed by atoms with van der Waals surface area (Å²) in [4.78, 5) is 3.35. The normalized spacial score (nSPS) is 12.8. The number of anilines is 1. The van der Waals surface area contributed by atoms with Crippen LogP contribution in [0.15, 0.2) is 42.5 Å². The predicted octanol–water partition coefficient (Wildman–Crippen LogP) is 2.86. The summed E-state index contributed by atoms with van der Waals surface area (Å²) in [6, 6.07) is 12.7. The van der Waals surface area contributed by atoms with Crippen molar-refractivity contribution in [2.45, 2.75) is 20.0 Å². The lowest BCUT2D eigenvalue weighted by Gasteiger charge is -2.14. The highest BCUT2D eigenvalue weighted by Crippen LogP contribution is 2.25. The molecule has 0 saturated carbocycles. The van der Waals surface area contributed by atoms with Gasteiger partial charge in [-0.3, -0.25) is 4.72 Å². The number of nitrogens with one attached hydrogen (secondary N) is 3. The number of hydrogen-bond donors (Lipinski definition) is 4. The van der Waals surface area contributed by atoms with E-state index in [0.29, 0.717) is 30.9 Å². The molecule has 0 aliphatic heterocycles. The molecule has 29 heavy (non-hydrogen) atoms. The second-order valence-electron chi connectivity index (χ2n) is 7.15. The van der Waals surface area contributed by atoms with Gasteiger partial charge in [-0.05, 0) is 49.2 Å². The molecule has 1 atom stereocenters. The molecule has 0 saturated heterocycles. The number of rotatable bonds is 9. The smallest absolute Gasteiger partial charge is 0.229 e. The molecule has 156 valence electrons. The van der Waals surface area contributed by atoms with Crippen LogP contribution in [-0.4, -0.2) is 44.5 Å². The zero-order chi connectivity index (χ0) is 21.0. The second kappa shape index (κ2) is 8.86. The fourth-order valence-corrected chi connectivity index (χ4v) is 3.72. The van der Waals surface area contributed by atoms with Crippen molar-refractivity contribution >= 4 is 26.6 Å². The van der Waals surface area contributed by atoms with E-state index in [1.165, 1.54) is 10.9 Å². The Hall–Kier alpha value is -2.55. The molecule has 0 amide bonds. The molecule has 0 aliphatic carbocycles. The van der Waals surface area contributed by atoms with Gasteiger partial charge in [0, 0.05) is 41.4 Å². The molecule has 1 aromatic heterocycles. The minimum Gasteiger partial charge on any atom is -0.492 e. The zero-order valence-electron chi connectivity index (χ0n) is 16.8. The van der Waals surface area contributed by atoms with Crippen LogP contribution in [0.2, 0.25) is 0 Å². The third-order valence-electron chi connectivity index (χ3n) is 4.74. The van der Waals surface area contributed by atoms with Gasteiger partial charge in [-0.2, -0.15) is 0 Å². The van der Waals surface area contributed by atoms with Crippen LogP contribution < -0.4 is 14.8 Å². The molecule has 3 aromatic rings. The number of H-pyrrole nitrogens is 1. The van der Waals surface area contributed by atoms with Gasteiger partial charge in [0.25, 0.3) is 0 Å². The summed E-state index contributed by atoms with van der Waals surface area (Å²) in [7, 11) is -3.35. The van der Waals surface area contributed by atoms with Crippen molar-refractivity contribution in [3.05, 3.63) is 59.3 Å². The van der Waals surface area contributed by atoms with Crippen LogP contribution in [0.1, 0.15) is 22.9 Å². The molecule has 3 rings (SSSR count). The summed E-state index contributed by atoms with van der Waals surface area (Å²) >= 11 is 0. The fourth-order valence-electron chi connectivity index (χ4n) is 3.16. The topological polar surface area (TPSA) is 103 Å². The maximum absolute atomic E-state index is 11.3. The van der Waals surface area contributed by atoms with E-state index in [-0.39, 0.29) is 0 Å². The minimum atomic E-state index is -3.35. The molecule has 1 unspecified atom stereocenters. The maximum atomic E-state index is 11.3. The number of aromatic amines is 1. The highest BCUT2D eigenvalue weighted by atomic mass is 32.2. The van der Waals surface area contributed by atoms with E-state index in [2.05, 4.69) is 34.9 Å². The summed E-state index contributed by atoms with van der Waals surface area (Å²) in [5, 5.41) is 14.7. The summed E-state index contributed by atoms with van der Waals surface area (Å²) in [5.74, 6) is 0.792. The third kappa shape index (κ3) is 5.72. The molecule has 2 aromatic carbocycles. The highest BCUT2D eigenvalue weighted by molar-refractivity contribution is 7.92. The largest absolute Gasteiger partial charge is 0.492 e. The Bertz CT molecular complexity index is 1090. The van der Waals surface area contributed by atoms with Gasteiger partial charge >= 0.3 is 0 Å². The van der Waals surface area contributed by atoms with Crippen LogP contribution >= 0.6 is 0 Å². The number of aryl methyl sites for hydroxylation is 2. The fraction of sp³-hybridized carbons (Fsp3) is 0.333. The van der Waals surface area contributed by atoms with Gasteiger partial charge in [0.15, 0.2) is 0 Å². The molecule has 8 heteroatoms. The number of hydrogen-bond acceptors (Lipinski definition) is 5. The maximum Gasteiger partial charge on any atom is 0.229 e. The lowest BCUT2D eigenvalue weighted by molar-refractivity contribution is 0.172. The quantitative estimate of drug-likeness (QED) is 0.401. The lowest BCUT2D eigenvalue weighted by Crippen LogP contribution is -2.26. The van der Waals surface area contributed by atoms with Gasteiger partial charge in [0.05, 0.1) is 12.4 Å². The Kier molecular flexibility index (Phi) is 6.46. The van der Waals surface area contributed by atoms with Crippen LogP contribution in [0.4, 0.5) is 5.69 Å². The lowest BCUT2D eigenvalue weighted by atomic mass is 10.1. The summed E-state index contributed by atoms with van der Waals surface area (Å²) in [6.07, 6.45) is 0.339. The Morgan fingerprint density at radius 2 is 1.97 bits per heavy atom. The first kappa shape index (κ1) is 21.2.